The van der Waals surface area contributed by atoms with Gasteiger partial charge in [0.2, 0.25) is 5.91 Å². The molecule has 0 radical (unpaired) electrons. The topological polar surface area (TPSA) is 89.2 Å². The van der Waals surface area contributed by atoms with Gasteiger partial charge < -0.3 is 15.1 Å². The van der Waals surface area contributed by atoms with Gasteiger partial charge in [-0.1, -0.05) is 30.3 Å². The lowest BCUT2D eigenvalue weighted by molar-refractivity contribution is -0.122. The summed E-state index contributed by atoms with van der Waals surface area (Å²) in [4.78, 5) is 24.9. The monoisotopic (exact) mass is 460 g/mol. The maximum absolute atomic E-state index is 12.5. The largest absolute Gasteiger partial charge is 0.444 e. The van der Waals surface area contributed by atoms with E-state index in [0.717, 1.165) is 28.3 Å². The van der Waals surface area contributed by atoms with Gasteiger partial charge in [0.1, 0.15) is 12.4 Å². The lowest BCUT2D eigenvalue weighted by atomic mass is 10.2. The van der Waals surface area contributed by atoms with E-state index in [1.54, 1.807) is 28.6 Å². The quantitative estimate of drug-likeness (QED) is 0.586. The van der Waals surface area contributed by atoms with Crippen LogP contribution >= 0.6 is 27.7 Å². The van der Waals surface area contributed by atoms with Gasteiger partial charge in [0, 0.05) is 23.6 Å². The van der Waals surface area contributed by atoms with Crippen molar-refractivity contribution in [3.05, 3.63) is 69.7 Å². The highest BCUT2D eigenvalue weighted by Crippen LogP contribution is 2.35. The highest BCUT2D eigenvalue weighted by atomic mass is 79.9. The highest BCUT2D eigenvalue weighted by Gasteiger charge is 2.25. The number of nitrogens with one attached hydrogen (secondary N) is 2. The van der Waals surface area contributed by atoms with E-state index < -0.39 is 0 Å². The van der Waals surface area contributed by atoms with Crippen molar-refractivity contribution in [3.63, 3.8) is 0 Å². The third kappa shape index (κ3) is 4.15. The fourth-order valence-electron chi connectivity index (χ4n) is 2.91. The summed E-state index contributed by atoms with van der Waals surface area (Å²) in [6.45, 7) is 0.473. The van der Waals surface area contributed by atoms with Gasteiger partial charge >= 0.3 is 0 Å². The Balaban J connectivity index is 1.48. The zero-order chi connectivity index (χ0) is 19.5. The van der Waals surface area contributed by atoms with E-state index in [-0.39, 0.29) is 24.1 Å². The van der Waals surface area contributed by atoms with Crippen molar-refractivity contribution < 1.29 is 14.0 Å². The van der Waals surface area contributed by atoms with Gasteiger partial charge in [0.05, 0.1) is 5.69 Å². The van der Waals surface area contributed by atoms with E-state index >= 15 is 0 Å². The van der Waals surface area contributed by atoms with E-state index in [9.17, 15) is 9.59 Å². The number of aromatic nitrogens is 2. The van der Waals surface area contributed by atoms with Crippen molar-refractivity contribution in [1.29, 1.82) is 0 Å². The first-order valence-electron chi connectivity index (χ1n) is 8.64. The Morgan fingerprint density at radius 2 is 2.00 bits per heavy atom. The molecule has 1 aliphatic rings. The maximum atomic E-state index is 12.5. The molecular weight excluding hydrogens is 444 g/mol. The Bertz CT molecular complexity index is 1020. The van der Waals surface area contributed by atoms with E-state index in [2.05, 4.69) is 31.7 Å². The molecule has 0 saturated heterocycles. The third-order valence-corrected chi connectivity index (χ3v) is 5.67. The van der Waals surface area contributed by atoms with Crippen LogP contribution in [0, 0.1) is 0 Å². The number of nitrogens with zero attached hydrogens (tertiary/aromatic N) is 2. The number of benzene rings is 1. The molecule has 0 spiro atoms. The molecule has 0 fully saturated rings. The van der Waals surface area contributed by atoms with Gasteiger partial charge in [-0.25, -0.2) is 4.68 Å². The molecule has 0 atom stereocenters. The Morgan fingerprint density at radius 1 is 1.18 bits per heavy atom. The number of hydrogen-bond acceptors (Lipinski definition) is 5. The second-order valence-electron chi connectivity index (χ2n) is 6.24. The first kappa shape index (κ1) is 18.8. The molecule has 144 valence electrons. The van der Waals surface area contributed by atoms with E-state index in [1.165, 1.54) is 0 Å². The zero-order valence-electron chi connectivity index (χ0n) is 14.8. The minimum atomic E-state index is -0.378. The van der Waals surface area contributed by atoms with E-state index in [0.29, 0.717) is 17.0 Å². The van der Waals surface area contributed by atoms with Crippen LogP contribution in [0.3, 0.4) is 0 Å². The summed E-state index contributed by atoms with van der Waals surface area (Å²) in [7, 11) is 0. The van der Waals surface area contributed by atoms with Crippen LogP contribution < -0.4 is 10.6 Å². The number of furan rings is 1. The predicted molar refractivity (Wildman–Crippen MR) is 110 cm³/mol. The van der Waals surface area contributed by atoms with Crippen LogP contribution in [0.15, 0.2) is 51.6 Å². The zero-order valence-corrected chi connectivity index (χ0v) is 17.2. The van der Waals surface area contributed by atoms with Crippen molar-refractivity contribution in [1.82, 2.24) is 15.1 Å². The summed E-state index contributed by atoms with van der Waals surface area (Å²) >= 11 is 4.92. The minimum Gasteiger partial charge on any atom is -0.444 e. The number of thioether (sulfide) groups is 1. The number of rotatable bonds is 6. The molecule has 3 aromatic rings. The summed E-state index contributed by atoms with van der Waals surface area (Å²) in [5.41, 5.74) is 2.88. The minimum absolute atomic E-state index is 0.0297. The van der Waals surface area contributed by atoms with Gasteiger partial charge in [-0.15, -0.1) is 0 Å². The molecule has 0 aliphatic carbocycles. The van der Waals surface area contributed by atoms with Crippen LogP contribution in [0.4, 0.5) is 5.82 Å². The fraction of sp³-hybridized carbons (Fsp3) is 0.211. The second-order valence-corrected chi connectivity index (χ2v) is 8.01. The van der Waals surface area contributed by atoms with Crippen LogP contribution in [0.1, 0.15) is 27.4 Å². The Morgan fingerprint density at radius 3 is 2.75 bits per heavy atom. The Hall–Kier alpha value is -2.52. The third-order valence-electron chi connectivity index (χ3n) is 4.27. The smallest absolute Gasteiger partial charge is 0.292 e. The van der Waals surface area contributed by atoms with Crippen LogP contribution in [-0.2, 0) is 29.4 Å². The Labute approximate surface area is 174 Å². The number of carbonyl (C=O) groups is 2. The molecule has 4 rings (SSSR count). The summed E-state index contributed by atoms with van der Waals surface area (Å²) in [5.74, 6) is 1.70. The molecule has 7 nitrogen and oxygen atoms in total. The summed E-state index contributed by atoms with van der Waals surface area (Å²) in [5, 5.41) is 10.3. The lowest BCUT2D eigenvalue weighted by Gasteiger charge is -2.11. The predicted octanol–water partition coefficient (Wildman–Crippen LogP) is 3.55. The molecule has 9 heteroatoms. The van der Waals surface area contributed by atoms with Crippen LogP contribution in [0.5, 0.6) is 0 Å². The van der Waals surface area contributed by atoms with Crippen molar-refractivity contribution in [3.8, 4) is 0 Å². The molecule has 1 aliphatic heterocycles. The van der Waals surface area contributed by atoms with E-state index in [1.807, 2.05) is 30.3 Å². The molecule has 2 N–H and O–H groups in total. The molecular formula is C19H17BrN4O3S. The first-order chi connectivity index (χ1) is 13.6. The number of anilines is 1. The first-order valence-corrected chi connectivity index (χ1v) is 10.6. The molecule has 0 unspecified atom stereocenters. The summed E-state index contributed by atoms with van der Waals surface area (Å²) in [6.07, 6.45) is 0. The maximum Gasteiger partial charge on any atom is 0.292 e. The number of carbonyl (C=O) groups excluding carboxylic acids is 2. The molecule has 0 saturated carbocycles. The average molecular weight is 461 g/mol. The normalized spacial score (nSPS) is 12.6. The summed E-state index contributed by atoms with van der Waals surface area (Å²) < 4.78 is 7.35. The van der Waals surface area contributed by atoms with Gasteiger partial charge in [0.25, 0.3) is 5.91 Å². The number of fused-ring (bicyclic) bond motifs is 1. The molecule has 28 heavy (non-hydrogen) atoms. The van der Waals surface area contributed by atoms with Crippen molar-refractivity contribution in [2.75, 3.05) is 5.32 Å². The molecule has 2 amide bonds. The second kappa shape index (κ2) is 8.24. The SMILES string of the molecule is O=C(Cn1nc2c(c1NC(=O)c1ccc(Br)o1)CSC2)NCc1ccccc1. The number of halogens is 1. The number of hydrogen-bond donors (Lipinski definition) is 2. The van der Waals surface area contributed by atoms with Gasteiger partial charge in [-0.2, -0.15) is 16.9 Å². The van der Waals surface area contributed by atoms with Gasteiger partial charge in [-0.05, 0) is 33.6 Å². The summed E-state index contributed by atoms with van der Waals surface area (Å²) in [6, 6.07) is 12.9. The van der Waals surface area contributed by atoms with Crippen LogP contribution in [0.25, 0.3) is 0 Å². The van der Waals surface area contributed by atoms with Crippen molar-refractivity contribution >= 4 is 45.3 Å². The lowest BCUT2D eigenvalue weighted by Crippen LogP contribution is -2.28. The number of amides is 2. The van der Waals surface area contributed by atoms with Gasteiger partial charge in [-0.3, -0.25) is 9.59 Å². The van der Waals surface area contributed by atoms with Crippen molar-refractivity contribution in [2.45, 2.75) is 24.6 Å². The van der Waals surface area contributed by atoms with E-state index in [4.69, 9.17) is 4.42 Å². The average Bonchev–Trinajstić information content (AvgIpc) is 3.39. The van der Waals surface area contributed by atoms with Crippen molar-refractivity contribution in [2.24, 2.45) is 0 Å². The van der Waals surface area contributed by atoms with Gasteiger partial charge in [0.15, 0.2) is 10.4 Å². The Kier molecular flexibility index (Phi) is 5.54. The fourth-order valence-corrected chi connectivity index (χ4v) is 4.26. The molecule has 0 bridgehead atoms. The molecule has 3 heterocycles. The van der Waals surface area contributed by atoms with Crippen LogP contribution in [0.2, 0.25) is 0 Å². The highest BCUT2D eigenvalue weighted by molar-refractivity contribution is 9.10. The molecule has 1 aromatic carbocycles. The molecule has 2 aromatic heterocycles. The standard InChI is InChI=1S/C19H17BrN4O3S/c20-16-7-6-15(27-16)19(26)22-18-13-10-28-11-14(13)23-24(18)9-17(25)21-8-12-4-2-1-3-5-12/h1-7H,8-11H2,(H,21,25)(H,22,26). The van der Waals surface area contributed by atoms with Crippen LogP contribution in [-0.4, -0.2) is 21.6 Å².